The zero-order chi connectivity index (χ0) is 11.5. The van der Waals surface area contributed by atoms with Gasteiger partial charge in [0.05, 0.1) is 13.2 Å². The average molecular weight is 221 g/mol. The van der Waals surface area contributed by atoms with Crippen molar-refractivity contribution in [1.29, 1.82) is 0 Å². The van der Waals surface area contributed by atoms with Crippen molar-refractivity contribution in [2.45, 2.75) is 0 Å². The van der Waals surface area contributed by atoms with Crippen molar-refractivity contribution in [3.8, 4) is 0 Å². The molecule has 2 rings (SSSR count). The molecule has 0 fully saturated rings. The highest BCUT2D eigenvalue weighted by Gasteiger charge is 2.20. The Morgan fingerprint density at radius 1 is 1.33 bits per heavy atom. The molecule has 3 nitrogen and oxygen atoms in total. The van der Waals surface area contributed by atoms with Gasteiger partial charge >= 0.3 is 12.9 Å². The fraction of sp³-hybridized carbons (Fsp3) is 0.143. The highest BCUT2D eigenvalue weighted by Crippen LogP contribution is 2.06. The predicted molar refractivity (Wildman–Crippen MR) is 46.6 cm³/mol. The molecule has 0 spiro atoms. The Morgan fingerprint density at radius 3 is 2.47 bits per heavy atom. The first-order valence-electron chi connectivity index (χ1n) is 4.03. The lowest BCUT2D eigenvalue weighted by atomic mass is 10.3. The lowest BCUT2D eigenvalue weighted by Gasteiger charge is -1.94. The van der Waals surface area contributed by atoms with Gasteiger partial charge in [-0.3, -0.25) is 0 Å². The van der Waals surface area contributed by atoms with Crippen LogP contribution < -0.4 is 4.57 Å². The van der Waals surface area contributed by atoms with Crippen LogP contribution in [0, 0.1) is 0 Å². The summed E-state index contributed by atoms with van der Waals surface area (Å²) in [6.07, 6.45) is 5.67. The lowest BCUT2D eigenvalue weighted by Crippen LogP contribution is -2.25. The molecular weight excluding hydrogens is 213 g/mol. The third kappa shape index (κ3) is 3.96. The van der Waals surface area contributed by atoms with Crippen LogP contribution in [0.25, 0.3) is 5.65 Å². The second kappa shape index (κ2) is 4.29. The van der Waals surface area contributed by atoms with Crippen LogP contribution in [0.15, 0.2) is 30.7 Å². The number of hydrogen-bond acceptors (Lipinski definition) is 1. The number of hydrogen-bond donors (Lipinski definition) is 0. The van der Waals surface area contributed by atoms with E-state index >= 15 is 0 Å². The van der Waals surface area contributed by atoms with Crippen LogP contribution in [0.1, 0.15) is 0 Å². The monoisotopic (exact) mass is 221 g/mol. The zero-order valence-corrected chi connectivity index (χ0v) is 7.82. The summed E-state index contributed by atoms with van der Waals surface area (Å²) in [5, 5.41) is 4.10. The fourth-order valence-electron chi connectivity index (χ4n) is 1.01. The molecule has 2 aromatic heterocycles. The van der Waals surface area contributed by atoms with Gasteiger partial charge in [-0.25, -0.2) is 4.57 Å². The fourth-order valence-corrected chi connectivity index (χ4v) is 1.01. The summed E-state index contributed by atoms with van der Waals surface area (Å²) >= 11 is 0. The highest BCUT2D eigenvalue weighted by atomic mass is 19.5. The normalized spacial score (nSPS) is 11.0. The molecule has 0 aliphatic rings. The molecule has 15 heavy (non-hydrogen) atoms. The van der Waals surface area contributed by atoms with E-state index in [1.165, 1.54) is 0 Å². The Balaban J connectivity index is 0.000000195. The van der Waals surface area contributed by atoms with Crippen molar-refractivity contribution in [2.24, 2.45) is 7.05 Å². The number of rotatable bonds is 0. The van der Waals surface area contributed by atoms with E-state index in [9.17, 15) is 17.3 Å². The lowest BCUT2D eigenvalue weighted by molar-refractivity contribution is -0.644. The third-order valence-corrected chi connectivity index (χ3v) is 1.55. The standard InChI is InChI=1S/C7H8N3.BF4/c1-9-5-6-10-7(9)3-2-4-8-10;2-1(3,4)5/h2-6H,1H3;/q+1;-1. The van der Waals surface area contributed by atoms with Crippen molar-refractivity contribution >= 4 is 12.9 Å². The van der Waals surface area contributed by atoms with Crippen LogP contribution in [0.5, 0.6) is 0 Å². The van der Waals surface area contributed by atoms with Gasteiger partial charge < -0.3 is 17.3 Å². The maximum absolute atomic E-state index is 9.75. The number of aromatic nitrogens is 3. The summed E-state index contributed by atoms with van der Waals surface area (Å²) in [7, 11) is -4.00. The smallest absolute Gasteiger partial charge is 0.418 e. The van der Waals surface area contributed by atoms with Gasteiger partial charge in [0.15, 0.2) is 6.20 Å². The van der Waals surface area contributed by atoms with Gasteiger partial charge in [-0.05, 0) is 6.07 Å². The highest BCUT2D eigenvalue weighted by molar-refractivity contribution is 6.50. The first kappa shape index (κ1) is 11.5. The minimum absolute atomic E-state index is 1.10. The Labute approximate surface area is 83.1 Å². The summed E-state index contributed by atoms with van der Waals surface area (Å²) < 4.78 is 42.9. The summed E-state index contributed by atoms with van der Waals surface area (Å²) in [4.78, 5) is 0. The Morgan fingerprint density at radius 2 is 1.93 bits per heavy atom. The quantitative estimate of drug-likeness (QED) is 0.374. The Kier molecular flexibility index (Phi) is 3.28. The SMILES string of the molecule is C[n+]1ccn2ncccc21.F[B-](F)(F)F. The molecule has 82 valence electrons. The summed E-state index contributed by atoms with van der Waals surface area (Å²) in [5.74, 6) is 0. The third-order valence-electron chi connectivity index (χ3n) is 1.55. The van der Waals surface area contributed by atoms with Gasteiger partial charge in [0.2, 0.25) is 0 Å². The van der Waals surface area contributed by atoms with E-state index < -0.39 is 7.25 Å². The largest absolute Gasteiger partial charge is 0.673 e. The minimum Gasteiger partial charge on any atom is -0.418 e. The van der Waals surface area contributed by atoms with E-state index in [0.29, 0.717) is 0 Å². The van der Waals surface area contributed by atoms with Gasteiger partial charge in [-0.2, -0.15) is 0 Å². The second-order valence-electron chi connectivity index (χ2n) is 2.73. The first-order chi connectivity index (χ1) is 6.88. The second-order valence-corrected chi connectivity index (χ2v) is 2.73. The molecule has 2 heterocycles. The van der Waals surface area contributed by atoms with Crippen LogP contribution >= 0.6 is 0 Å². The zero-order valence-electron chi connectivity index (χ0n) is 7.82. The van der Waals surface area contributed by atoms with E-state index in [-0.39, 0.29) is 0 Å². The van der Waals surface area contributed by atoms with Crippen LogP contribution in [0.2, 0.25) is 0 Å². The van der Waals surface area contributed by atoms with Crippen molar-refractivity contribution in [1.82, 2.24) is 9.61 Å². The van der Waals surface area contributed by atoms with Gasteiger partial charge in [-0.1, -0.05) is 5.10 Å². The number of halogens is 4. The molecule has 8 heteroatoms. The molecule has 2 aromatic rings. The van der Waals surface area contributed by atoms with Gasteiger partial charge in [0.1, 0.15) is 6.20 Å². The molecule has 0 saturated carbocycles. The van der Waals surface area contributed by atoms with E-state index in [1.807, 2.05) is 40.7 Å². The molecule has 0 aromatic carbocycles. The predicted octanol–water partition coefficient (Wildman–Crippen LogP) is 1.46. The maximum atomic E-state index is 9.75. The molecule has 0 aliphatic heterocycles. The summed E-state index contributed by atoms with van der Waals surface area (Å²) in [6, 6.07) is 3.95. The molecule has 0 atom stereocenters. The topological polar surface area (TPSA) is 21.2 Å². The van der Waals surface area contributed by atoms with Crippen LogP contribution in [-0.4, -0.2) is 16.9 Å². The van der Waals surface area contributed by atoms with E-state index in [4.69, 9.17) is 0 Å². The van der Waals surface area contributed by atoms with Crippen LogP contribution in [-0.2, 0) is 7.05 Å². The number of aryl methyl sites for hydroxylation is 1. The number of imidazole rings is 1. The van der Waals surface area contributed by atoms with E-state index in [2.05, 4.69) is 5.10 Å². The molecule has 0 aliphatic carbocycles. The minimum atomic E-state index is -6.00. The van der Waals surface area contributed by atoms with E-state index in [0.717, 1.165) is 5.65 Å². The van der Waals surface area contributed by atoms with Gasteiger partial charge in [0, 0.05) is 6.07 Å². The maximum Gasteiger partial charge on any atom is 0.673 e. The van der Waals surface area contributed by atoms with Gasteiger partial charge in [-0.15, -0.1) is 4.52 Å². The van der Waals surface area contributed by atoms with E-state index in [1.54, 1.807) is 6.20 Å². The molecular formula is C7H8BF4N3. The first-order valence-corrected chi connectivity index (χ1v) is 4.03. The Hall–Kier alpha value is -1.60. The molecule has 0 amide bonds. The van der Waals surface area contributed by atoms with Crippen molar-refractivity contribution in [2.75, 3.05) is 0 Å². The molecule has 0 radical (unpaired) electrons. The molecule has 0 saturated heterocycles. The van der Waals surface area contributed by atoms with Crippen molar-refractivity contribution in [3.63, 3.8) is 0 Å². The number of fused-ring (bicyclic) bond motifs is 1. The van der Waals surface area contributed by atoms with Crippen molar-refractivity contribution < 1.29 is 21.8 Å². The number of nitrogens with zero attached hydrogens (tertiary/aromatic N) is 3. The molecule has 0 N–H and O–H groups in total. The van der Waals surface area contributed by atoms with Crippen LogP contribution in [0.4, 0.5) is 17.3 Å². The van der Waals surface area contributed by atoms with Crippen LogP contribution in [0.3, 0.4) is 0 Å². The summed E-state index contributed by atoms with van der Waals surface area (Å²) in [5.41, 5.74) is 1.10. The summed E-state index contributed by atoms with van der Waals surface area (Å²) in [6.45, 7) is 0. The molecule has 0 bridgehead atoms. The molecule has 0 unspecified atom stereocenters. The van der Waals surface area contributed by atoms with Crippen molar-refractivity contribution in [3.05, 3.63) is 30.7 Å². The Bertz CT molecular complexity index is 433. The van der Waals surface area contributed by atoms with Gasteiger partial charge in [0.25, 0.3) is 0 Å². The average Bonchev–Trinajstić information content (AvgIpc) is 2.46.